The molecule has 3 aromatic rings. The molecule has 0 bridgehead atoms. The molecule has 2 amide bonds. The summed E-state index contributed by atoms with van der Waals surface area (Å²) in [6.07, 6.45) is -1.60. The Hall–Kier alpha value is -3.95. The Morgan fingerprint density at radius 2 is 1.89 bits per heavy atom. The van der Waals surface area contributed by atoms with E-state index in [9.17, 15) is 27.2 Å². The highest BCUT2D eigenvalue weighted by Crippen LogP contribution is 2.31. The first-order valence-electron chi connectivity index (χ1n) is 10.8. The fraction of sp³-hybridized carbons (Fsp3) is 0.240. The van der Waals surface area contributed by atoms with E-state index < -0.39 is 29.4 Å². The van der Waals surface area contributed by atoms with Crippen molar-refractivity contribution in [2.45, 2.75) is 38.1 Å². The third-order valence-corrected chi connectivity index (χ3v) is 5.71. The zero-order valence-corrected chi connectivity index (χ0v) is 18.4. The molecule has 3 N–H and O–H groups in total. The normalized spacial score (nSPS) is 15.3. The van der Waals surface area contributed by atoms with Gasteiger partial charge in [0.2, 0.25) is 0 Å². The Morgan fingerprint density at radius 3 is 2.63 bits per heavy atom. The number of nitrogens with zero attached hydrogens (tertiary/aromatic N) is 1. The molecule has 4 rings (SSSR count). The van der Waals surface area contributed by atoms with E-state index in [0.717, 1.165) is 17.2 Å². The number of amides is 2. The number of rotatable bonds is 6. The Balaban J connectivity index is 1.42. The number of pyridine rings is 1. The van der Waals surface area contributed by atoms with Crippen LogP contribution >= 0.6 is 0 Å². The number of ether oxygens (including phenoxy) is 1. The minimum absolute atomic E-state index is 0.135. The second kappa shape index (κ2) is 9.73. The highest BCUT2D eigenvalue weighted by Gasteiger charge is 2.32. The van der Waals surface area contributed by atoms with E-state index in [0.29, 0.717) is 42.7 Å². The average molecular weight is 487 g/mol. The molecule has 1 heterocycles. The maximum atomic E-state index is 13.7. The number of hydrogen-bond donors (Lipinski definition) is 2. The fourth-order valence-corrected chi connectivity index (χ4v) is 3.97. The molecule has 1 atom stereocenters. The number of aryl methyl sites for hydroxylation is 1. The summed E-state index contributed by atoms with van der Waals surface area (Å²) in [7, 11) is 0. The Kier molecular flexibility index (Phi) is 6.72. The number of alkyl halides is 3. The molecule has 2 aromatic carbocycles. The SMILES string of the molecule is NC(=O)c1cc(COc2ccc3c(c2)CC(NC(=O)c2cc(F)cc(C(F)(F)F)c2)CC3)ccn1. The Morgan fingerprint density at radius 1 is 1.09 bits per heavy atom. The van der Waals surface area contributed by atoms with Crippen molar-refractivity contribution in [2.75, 3.05) is 0 Å². The van der Waals surface area contributed by atoms with Gasteiger partial charge in [-0.1, -0.05) is 6.07 Å². The minimum atomic E-state index is -4.75. The summed E-state index contributed by atoms with van der Waals surface area (Å²) in [5.74, 6) is -1.95. The van der Waals surface area contributed by atoms with Gasteiger partial charge in [0.05, 0.1) is 5.56 Å². The number of aromatic nitrogens is 1. The lowest BCUT2D eigenvalue weighted by atomic mass is 9.88. The number of halogens is 4. The van der Waals surface area contributed by atoms with Crippen molar-refractivity contribution >= 4 is 11.8 Å². The molecule has 6 nitrogen and oxygen atoms in total. The predicted octanol–water partition coefficient (Wildman–Crippen LogP) is 4.20. The van der Waals surface area contributed by atoms with Gasteiger partial charge in [-0.25, -0.2) is 4.39 Å². The predicted molar refractivity (Wildman–Crippen MR) is 118 cm³/mol. The fourth-order valence-electron chi connectivity index (χ4n) is 3.97. The lowest BCUT2D eigenvalue weighted by Crippen LogP contribution is -2.39. The number of fused-ring (bicyclic) bond motifs is 1. The van der Waals surface area contributed by atoms with Crippen LogP contribution in [0.4, 0.5) is 17.6 Å². The molecule has 10 heteroatoms. The summed E-state index contributed by atoms with van der Waals surface area (Å²) < 4.78 is 58.4. The molecule has 0 fully saturated rings. The quantitative estimate of drug-likeness (QED) is 0.510. The zero-order chi connectivity index (χ0) is 25.2. The van der Waals surface area contributed by atoms with Crippen LogP contribution < -0.4 is 15.8 Å². The van der Waals surface area contributed by atoms with Crippen LogP contribution in [0, 0.1) is 5.82 Å². The van der Waals surface area contributed by atoms with Crippen LogP contribution in [0.25, 0.3) is 0 Å². The minimum Gasteiger partial charge on any atom is -0.489 e. The van der Waals surface area contributed by atoms with Crippen molar-refractivity contribution in [1.82, 2.24) is 10.3 Å². The van der Waals surface area contributed by atoms with Gasteiger partial charge in [0, 0.05) is 17.8 Å². The van der Waals surface area contributed by atoms with Crippen LogP contribution in [0.5, 0.6) is 5.75 Å². The van der Waals surface area contributed by atoms with E-state index >= 15 is 0 Å². The van der Waals surface area contributed by atoms with Crippen LogP contribution in [0.3, 0.4) is 0 Å². The van der Waals surface area contributed by atoms with Gasteiger partial charge in [0.15, 0.2) is 0 Å². The molecule has 35 heavy (non-hydrogen) atoms. The van der Waals surface area contributed by atoms with Crippen molar-refractivity contribution in [3.8, 4) is 5.75 Å². The summed E-state index contributed by atoms with van der Waals surface area (Å²) >= 11 is 0. The summed E-state index contributed by atoms with van der Waals surface area (Å²) in [5.41, 5.74) is 6.51. The third kappa shape index (κ3) is 5.95. The number of hydrogen-bond acceptors (Lipinski definition) is 4. The summed E-state index contributed by atoms with van der Waals surface area (Å²) in [6, 6.07) is 10.3. The standard InChI is InChI=1S/C25H21F4N3O3/c26-19-9-17(8-18(12-19)25(27,28)29)24(34)32-20-3-1-15-2-4-21(11-16(15)10-20)35-13-14-5-6-31-22(7-14)23(30)33/h2,4-9,11-12,20H,1,3,10,13H2,(H2,30,33)(H,32,34). The second-order valence-electron chi connectivity index (χ2n) is 8.27. The Labute approximate surface area is 198 Å². The van der Waals surface area contributed by atoms with Crippen LogP contribution in [0.1, 0.15) is 49.5 Å². The summed E-state index contributed by atoms with van der Waals surface area (Å²) in [6.45, 7) is 0.183. The van der Waals surface area contributed by atoms with Gasteiger partial charge in [0.25, 0.3) is 11.8 Å². The lowest BCUT2D eigenvalue weighted by molar-refractivity contribution is -0.137. The van der Waals surface area contributed by atoms with Crippen molar-refractivity contribution in [3.63, 3.8) is 0 Å². The Bertz CT molecular complexity index is 1280. The van der Waals surface area contributed by atoms with E-state index in [1.54, 1.807) is 12.1 Å². The van der Waals surface area contributed by atoms with E-state index in [-0.39, 0.29) is 23.9 Å². The number of primary amides is 1. The third-order valence-electron chi connectivity index (χ3n) is 5.71. The number of nitrogens with two attached hydrogens (primary N) is 1. The van der Waals surface area contributed by atoms with Crippen molar-refractivity contribution < 1.29 is 31.9 Å². The highest BCUT2D eigenvalue weighted by atomic mass is 19.4. The molecule has 0 saturated carbocycles. The first kappa shape index (κ1) is 24.2. The molecule has 1 unspecified atom stereocenters. The average Bonchev–Trinajstić information content (AvgIpc) is 2.81. The smallest absolute Gasteiger partial charge is 0.416 e. The largest absolute Gasteiger partial charge is 0.489 e. The van der Waals surface area contributed by atoms with Gasteiger partial charge in [-0.3, -0.25) is 14.6 Å². The van der Waals surface area contributed by atoms with Crippen molar-refractivity contribution in [2.24, 2.45) is 5.73 Å². The molecule has 182 valence electrons. The molecule has 1 aromatic heterocycles. The van der Waals surface area contributed by atoms with E-state index in [4.69, 9.17) is 10.5 Å². The monoisotopic (exact) mass is 487 g/mol. The molecule has 1 aliphatic rings. The van der Waals surface area contributed by atoms with Gasteiger partial charge >= 0.3 is 6.18 Å². The van der Waals surface area contributed by atoms with Crippen LogP contribution in [0.2, 0.25) is 0 Å². The van der Waals surface area contributed by atoms with Gasteiger partial charge in [0.1, 0.15) is 23.9 Å². The molecule has 0 spiro atoms. The zero-order valence-electron chi connectivity index (χ0n) is 18.4. The lowest BCUT2D eigenvalue weighted by Gasteiger charge is -2.26. The maximum absolute atomic E-state index is 13.7. The molecule has 0 saturated heterocycles. The van der Waals surface area contributed by atoms with Crippen LogP contribution in [0.15, 0.2) is 54.7 Å². The topological polar surface area (TPSA) is 94.3 Å². The van der Waals surface area contributed by atoms with Gasteiger partial charge in [-0.15, -0.1) is 0 Å². The molecule has 1 aliphatic carbocycles. The van der Waals surface area contributed by atoms with Gasteiger partial charge in [-0.05, 0) is 78.4 Å². The van der Waals surface area contributed by atoms with Gasteiger partial charge < -0.3 is 15.8 Å². The molecule has 0 aliphatic heterocycles. The van der Waals surface area contributed by atoms with E-state index in [1.165, 1.54) is 6.20 Å². The summed E-state index contributed by atoms with van der Waals surface area (Å²) in [5, 5.41) is 2.71. The molecular formula is C25H21F4N3O3. The number of benzene rings is 2. The van der Waals surface area contributed by atoms with E-state index in [1.807, 2.05) is 18.2 Å². The molecule has 0 radical (unpaired) electrons. The van der Waals surface area contributed by atoms with Gasteiger partial charge in [-0.2, -0.15) is 13.2 Å². The summed E-state index contributed by atoms with van der Waals surface area (Å²) in [4.78, 5) is 27.7. The number of carbonyl (C=O) groups is 2. The maximum Gasteiger partial charge on any atom is 0.416 e. The van der Waals surface area contributed by atoms with Crippen molar-refractivity contribution in [3.05, 3.63) is 94.1 Å². The highest BCUT2D eigenvalue weighted by molar-refractivity contribution is 5.94. The second-order valence-corrected chi connectivity index (χ2v) is 8.27. The number of nitrogens with one attached hydrogen (secondary N) is 1. The van der Waals surface area contributed by atoms with Crippen molar-refractivity contribution in [1.29, 1.82) is 0 Å². The number of carbonyl (C=O) groups excluding carboxylic acids is 2. The van der Waals surface area contributed by atoms with Crippen LogP contribution in [-0.2, 0) is 25.6 Å². The first-order chi connectivity index (χ1) is 16.6. The van der Waals surface area contributed by atoms with E-state index in [2.05, 4.69) is 10.3 Å². The van der Waals surface area contributed by atoms with Crippen LogP contribution in [-0.4, -0.2) is 22.8 Å². The first-order valence-corrected chi connectivity index (χ1v) is 10.8. The molecular weight excluding hydrogens is 466 g/mol.